The first-order chi connectivity index (χ1) is 9.29. The van der Waals surface area contributed by atoms with Crippen LogP contribution in [0.3, 0.4) is 0 Å². The van der Waals surface area contributed by atoms with Crippen molar-refractivity contribution in [2.24, 2.45) is 0 Å². The highest BCUT2D eigenvalue weighted by atomic mass is 19.4. The summed E-state index contributed by atoms with van der Waals surface area (Å²) in [5, 5.41) is 27.8. The monoisotopic (exact) mass is 281 g/mol. The number of rotatable bonds is 3. The minimum Gasteiger partial charge on any atom is -0.478 e. The van der Waals surface area contributed by atoms with Crippen molar-refractivity contribution in [1.29, 1.82) is 10.5 Å². The van der Waals surface area contributed by atoms with Gasteiger partial charge in [0, 0.05) is 6.20 Å². The second kappa shape index (κ2) is 5.76. The predicted molar refractivity (Wildman–Crippen MR) is 61.3 cm³/mol. The van der Waals surface area contributed by atoms with Crippen molar-refractivity contribution >= 4 is 11.7 Å². The SMILES string of the molecule is N#CC(C#N)=CNc1ccc(C(=O)O)cc1C(F)(F)F. The second-order valence-electron chi connectivity index (χ2n) is 3.49. The molecule has 0 fully saturated rings. The third kappa shape index (κ3) is 3.50. The highest BCUT2D eigenvalue weighted by molar-refractivity contribution is 5.88. The van der Waals surface area contributed by atoms with Crippen molar-refractivity contribution in [3.63, 3.8) is 0 Å². The van der Waals surface area contributed by atoms with Crippen LogP contribution in [-0.4, -0.2) is 11.1 Å². The van der Waals surface area contributed by atoms with E-state index < -0.39 is 34.5 Å². The molecule has 0 amide bonds. The van der Waals surface area contributed by atoms with Crippen molar-refractivity contribution < 1.29 is 23.1 Å². The Bertz CT molecular complexity index is 635. The van der Waals surface area contributed by atoms with E-state index in [1.807, 2.05) is 0 Å². The number of allylic oxidation sites excluding steroid dienone is 1. The lowest BCUT2D eigenvalue weighted by Crippen LogP contribution is -2.11. The van der Waals surface area contributed by atoms with E-state index >= 15 is 0 Å². The number of alkyl halides is 3. The van der Waals surface area contributed by atoms with Gasteiger partial charge in [0.15, 0.2) is 0 Å². The first-order valence-corrected chi connectivity index (χ1v) is 5.01. The number of nitrogens with one attached hydrogen (secondary N) is 1. The second-order valence-corrected chi connectivity index (χ2v) is 3.49. The van der Waals surface area contributed by atoms with Gasteiger partial charge in [0.1, 0.15) is 17.7 Å². The van der Waals surface area contributed by atoms with Crippen LogP contribution in [0.15, 0.2) is 30.0 Å². The van der Waals surface area contributed by atoms with Crippen LogP contribution in [0.4, 0.5) is 18.9 Å². The first kappa shape index (κ1) is 15.1. The van der Waals surface area contributed by atoms with Crippen LogP contribution < -0.4 is 5.32 Å². The smallest absolute Gasteiger partial charge is 0.418 e. The van der Waals surface area contributed by atoms with E-state index in [9.17, 15) is 18.0 Å². The minimum atomic E-state index is -4.78. The fourth-order valence-electron chi connectivity index (χ4n) is 1.28. The number of carbonyl (C=O) groups is 1. The third-order valence-corrected chi connectivity index (χ3v) is 2.18. The van der Waals surface area contributed by atoms with E-state index in [2.05, 4.69) is 5.32 Å². The summed E-state index contributed by atoms with van der Waals surface area (Å²) in [6, 6.07) is 5.30. The van der Waals surface area contributed by atoms with E-state index in [4.69, 9.17) is 15.6 Å². The van der Waals surface area contributed by atoms with Gasteiger partial charge in [-0.05, 0) is 18.2 Å². The molecule has 0 aliphatic heterocycles. The van der Waals surface area contributed by atoms with Gasteiger partial charge in [0.25, 0.3) is 0 Å². The summed E-state index contributed by atoms with van der Waals surface area (Å²) >= 11 is 0. The number of benzene rings is 1. The van der Waals surface area contributed by atoms with Gasteiger partial charge in [0.2, 0.25) is 0 Å². The number of carboxylic acids is 1. The Balaban J connectivity index is 3.28. The molecule has 0 bridgehead atoms. The average Bonchev–Trinajstić information content (AvgIpc) is 2.38. The summed E-state index contributed by atoms with van der Waals surface area (Å²) in [7, 11) is 0. The van der Waals surface area contributed by atoms with Crippen molar-refractivity contribution in [3.8, 4) is 12.1 Å². The number of hydrogen-bond acceptors (Lipinski definition) is 4. The molecule has 0 aliphatic rings. The molecule has 20 heavy (non-hydrogen) atoms. The molecule has 0 aliphatic carbocycles. The van der Waals surface area contributed by atoms with Crippen LogP contribution >= 0.6 is 0 Å². The van der Waals surface area contributed by atoms with Crippen molar-refractivity contribution in [1.82, 2.24) is 0 Å². The summed E-state index contributed by atoms with van der Waals surface area (Å²) in [6.45, 7) is 0. The fourth-order valence-corrected chi connectivity index (χ4v) is 1.28. The number of anilines is 1. The molecule has 1 aromatic rings. The number of carboxylic acid groups (broad SMARTS) is 1. The van der Waals surface area contributed by atoms with Crippen LogP contribution in [0.2, 0.25) is 0 Å². The Morgan fingerprint density at radius 1 is 1.30 bits per heavy atom. The Labute approximate surface area is 111 Å². The van der Waals surface area contributed by atoms with Gasteiger partial charge < -0.3 is 10.4 Å². The Morgan fingerprint density at radius 3 is 2.35 bits per heavy atom. The lowest BCUT2D eigenvalue weighted by atomic mass is 10.1. The fraction of sp³-hybridized carbons (Fsp3) is 0.0833. The summed E-state index contributed by atoms with van der Waals surface area (Å²) < 4.78 is 38.4. The van der Waals surface area contributed by atoms with E-state index in [1.165, 1.54) is 12.1 Å². The number of nitriles is 2. The molecule has 0 spiro atoms. The Morgan fingerprint density at radius 2 is 1.90 bits per heavy atom. The molecule has 8 heteroatoms. The molecule has 102 valence electrons. The lowest BCUT2D eigenvalue weighted by Gasteiger charge is -2.13. The van der Waals surface area contributed by atoms with Gasteiger partial charge in [-0.2, -0.15) is 23.7 Å². The molecule has 0 radical (unpaired) electrons. The molecule has 0 atom stereocenters. The Kier molecular flexibility index (Phi) is 4.34. The van der Waals surface area contributed by atoms with E-state index in [-0.39, 0.29) is 0 Å². The van der Waals surface area contributed by atoms with Crippen LogP contribution in [0.5, 0.6) is 0 Å². The summed E-state index contributed by atoms with van der Waals surface area (Å²) in [6.07, 6.45) is -3.97. The van der Waals surface area contributed by atoms with Crippen LogP contribution in [0, 0.1) is 22.7 Å². The van der Waals surface area contributed by atoms with E-state index in [0.717, 1.165) is 18.3 Å². The molecule has 0 saturated heterocycles. The molecular weight excluding hydrogens is 275 g/mol. The molecule has 0 saturated carbocycles. The first-order valence-electron chi connectivity index (χ1n) is 5.01. The number of hydrogen-bond donors (Lipinski definition) is 2. The molecular formula is C12H6F3N3O2. The molecule has 0 heterocycles. The van der Waals surface area contributed by atoms with Gasteiger partial charge in [-0.3, -0.25) is 0 Å². The predicted octanol–water partition coefficient (Wildman–Crippen LogP) is 2.75. The Hall–Kier alpha value is -3.00. The zero-order valence-electron chi connectivity index (χ0n) is 9.69. The van der Waals surface area contributed by atoms with Gasteiger partial charge >= 0.3 is 12.1 Å². The molecule has 0 unspecified atom stereocenters. The zero-order valence-corrected chi connectivity index (χ0v) is 9.69. The molecule has 5 nitrogen and oxygen atoms in total. The van der Waals surface area contributed by atoms with Gasteiger partial charge in [-0.25, -0.2) is 4.79 Å². The number of nitrogens with zero attached hydrogens (tertiary/aromatic N) is 2. The largest absolute Gasteiger partial charge is 0.478 e. The van der Waals surface area contributed by atoms with Gasteiger partial charge in [-0.15, -0.1) is 0 Å². The van der Waals surface area contributed by atoms with Gasteiger partial charge in [-0.1, -0.05) is 0 Å². The molecule has 0 aromatic heterocycles. The van der Waals surface area contributed by atoms with Crippen molar-refractivity contribution in [3.05, 3.63) is 41.1 Å². The maximum Gasteiger partial charge on any atom is 0.418 e. The zero-order chi connectivity index (χ0) is 15.3. The molecule has 2 N–H and O–H groups in total. The van der Waals surface area contributed by atoms with E-state index in [0.29, 0.717) is 6.07 Å². The summed E-state index contributed by atoms with van der Waals surface area (Å²) in [4.78, 5) is 10.7. The molecule has 1 rings (SSSR count). The highest BCUT2D eigenvalue weighted by Crippen LogP contribution is 2.35. The minimum absolute atomic E-state index is 0.416. The van der Waals surface area contributed by atoms with Crippen LogP contribution in [-0.2, 0) is 6.18 Å². The topological polar surface area (TPSA) is 96.9 Å². The van der Waals surface area contributed by atoms with Crippen molar-refractivity contribution in [2.45, 2.75) is 6.18 Å². The summed E-state index contributed by atoms with van der Waals surface area (Å²) in [5.74, 6) is -1.49. The third-order valence-electron chi connectivity index (χ3n) is 2.18. The highest BCUT2D eigenvalue weighted by Gasteiger charge is 2.34. The van der Waals surface area contributed by atoms with E-state index in [1.54, 1.807) is 0 Å². The molecule has 1 aromatic carbocycles. The lowest BCUT2D eigenvalue weighted by molar-refractivity contribution is -0.136. The van der Waals surface area contributed by atoms with Crippen LogP contribution in [0.25, 0.3) is 0 Å². The normalized spacial score (nSPS) is 10.1. The average molecular weight is 281 g/mol. The summed E-state index contributed by atoms with van der Waals surface area (Å²) in [5.41, 5.74) is -2.59. The maximum absolute atomic E-state index is 12.8. The standard InChI is InChI=1S/C12H6F3N3O2/c13-12(14,15)9-3-8(11(19)20)1-2-10(9)18-6-7(4-16)5-17/h1-3,6,18H,(H,19,20). The maximum atomic E-state index is 12.8. The number of aromatic carboxylic acids is 1. The quantitative estimate of drug-likeness (QED) is 0.830. The number of halogens is 3. The van der Waals surface area contributed by atoms with Gasteiger partial charge in [0.05, 0.1) is 16.8 Å². The van der Waals surface area contributed by atoms with Crippen LogP contribution in [0.1, 0.15) is 15.9 Å². The van der Waals surface area contributed by atoms with Crippen molar-refractivity contribution in [2.75, 3.05) is 5.32 Å².